The highest BCUT2D eigenvalue weighted by Gasteiger charge is 2.26. The van der Waals surface area contributed by atoms with Gasteiger partial charge in [-0.05, 0) is 32.1 Å². The zero-order valence-electron chi connectivity index (χ0n) is 15.3. The van der Waals surface area contributed by atoms with E-state index >= 15 is 0 Å². The maximum Gasteiger partial charge on any atom is 0.404 e. The molecule has 1 aliphatic rings. The molecule has 10 nitrogen and oxygen atoms in total. The summed E-state index contributed by atoms with van der Waals surface area (Å²) in [5.74, 6) is -0.246. The van der Waals surface area contributed by atoms with Crippen LogP contribution in [0, 0.1) is 5.92 Å². The monoisotopic (exact) mass is 381 g/mol. The average Bonchev–Trinajstić information content (AvgIpc) is 3.08. The Bertz CT molecular complexity index is 641. The van der Waals surface area contributed by atoms with Crippen molar-refractivity contribution in [1.82, 2.24) is 15.5 Å². The Morgan fingerprint density at radius 1 is 1.15 bits per heavy atom. The number of amides is 3. The summed E-state index contributed by atoms with van der Waals surface area (Å²) in [4.78, 5) is 34.2. The molecule has 10 heteroatoms. The van der Waals surface area contributed by atoms with E-state index in [0.717, 1.165) is 32.1 Å². The van der Waals surface area contributed by atoms with Crippen LogP contribution in [-0.2, 0) is 20.7 Å². The van der Waals surface area contributed by atoms with E-state index in [0.29, 0.717) is 19.3 Å². The van der Waals surface area contributed by atoms with E-state index in [4.69, 9.17) is 20.6 Å². The number of primary amides is 2. The second kappa shape index (κ2) is 10.5. The summed E-state index contributed by atoms with van der Waals surface area (Å²) < 4.78 is 10.2. The Kier molecular flexibility index (Phi) is 8.02. The highest BCUT2D eigenvalue weighted by Crippen LogP contribution is 2.26. The smallest absolute Gasteiger partial charge is 0.404 e. The van der Waals surface area contributed by atoms with Crippen LogP contribution in [0.1, 0.15) is 69.2 Å². The molecule has 1 aromatic heterocycles. The Morgan fingerprint density at radius 3 is 2.56 bits per heavy atom. The van der Waals surface area contributed by atoms with Crippen LogP contribution in [0.15, 0.2) is 4.42 Å². The van der Waals surface area contributed by atoms with Crippen molar-refractivity contribution in [2.75, 3.05) is 6.61 Å². The lowest BCUT2D eigenvalue weighted by molar-refractivity contribution is -0.127. The first-order chi connectivity index (χ1) is 13.0. The lowest BCUT2D eigenvalue weighted by Crippen LogP contribution is -2.35. The third kappa shape index (κ3) is 7.24. The first-order valence-electron chi connectivity index (χ1n) is 9.29. The molecule has 1 saturated carbocycles. The maximum absolute atomic E-state index is 12.6. The van der Waals surface area contributed by atoms with Crippen LogP contribution in [0.5, 0.6) is 0 Å². The topological polar surface area (TPSA) is 163 Å². The van der Waals surface area contributed by atoms with Gasteiger partial charge in [0.1, 0.15) is 12.5 Å². The van der Waals surface area contributed by atoms with Crippen LogP contribution in [0.25, 0.3) is 0 Å². The van der Waals surface area contributed by atoms with Gasteiger partial charge < -0.3 is 25.9 Å². The molecule has 1 fully saturated rings. The zero-order chi connectivity index (χ0) is 19.6. The lowest BCUT2D eigenvalue weighted by atomic mass is 9.88. The minimum atomic E-state index is -0.815. The number of nitrogens with two attached hydrogens (primary N) is 2. The van der Waals surface area contributed by atoms with Gasteiger partial charge >= 0.3 is 6.09 Å². The molecule has 0 unspecified atom stereocenters. The van der Waals surface area contributed by atoms with Crippen LogP contribution in [0.4, 0.5) is 4.79 Å². The highest BCUT2D eigenvalue weighted by atomic mass is 16.5. The molecule has 3 amide bonds. The van der Waals surface area contributed by atoms with Crippen molar-refractivity contribution in [3.05, 3.63) is 11.8 Å². The van der Waals surface area contributed by atoms with Crippen molar-refractivity contribution in [2.24, 2.45) is 17.4 Å². The number of aromatic nitrogens is 2. The second-order valence-corrected chi connectivity index (χ2v) is 6.74. The van der Waals surface area contributed by atoms with Crippen molar-refractivity contribution in [3.63, 3.8) is 0 Å². The largest absolute Gasteiger partial charge is 0.450 e. The molecule has 27 heavy (non-hydrogen) atoms. The van der Waals surface area contributed by atoms with Crippen LogP contribution >= 0.6 is 0 Å². The number of hydrogen-bond acceptors (Lipinski definition) is 7. The Labute approximate surface area is 157 Å². The zero-order valence-corrected chi connectivity index (χ0v) is 15.3. The summed E-state index contributed by atoms with van der Waals surface area (Å²) in [6.07, 6.45) is 5.81. The predicted octanol–water partition coefficient (Wildman–Crippen LogP) is 1.10. The van der Waals surface area contributed by atoms with Gasteiger partial charge in [-0.1, -0.05) is 19.3 Å². The molecular weight excluding hydrogens is 354 g/mol. The summed E-state index contributed by atoms with van der Waals surface area (Å²) in [7, 11) is 0. The van der Waals surface area contributed by atoms with Crippen molar-refractivity contribution >= 4 is 17.9 Å². The molecule has 0 aliphatic heterocycles. The maximum atomic E-state index is 12.6. The standard InChI is InChI=1S/C17H27N5O5/c18-13(23)10-14-21-22-16(27-14)12(8-4-5-9-26-17(19)25)20-15(24)11-6-2-1-3-7-11/h11-12H,1-10H2,(H2,18,23)(H2,19,25)(H,20,24)/t12-/m0/s1. The summed E-state index contributed by atoms with van der Waals surface area (Å²) in [6.45, 7) is 0.204. The van der Waals surface area contributed by atoms with Gasteiger partial charge in [-0.2, -0.15) is 0 Å². The molecule has 0 saturated heterocycles. The van der Waals surface area contributed by atoms with Gasteiger partial charge in [0.25, 0.3) is 0 Å². The molecule has 1 aromatic rings. The van der Waals surface area contributed by atoms with E-state index in [1.54, 1.807) is 0 Å². The third-order valence-corrected chi connectivity index (χ3v) is 4.53. The lowest BCUT2D eigenvalue weighted by Gasteiger charge is -2.23. The molecule has 2 rings (SSSR count). The van der Waals surface area contributed by atoms with Crippen LogP contribution in [-0.4, -0.2) is 34.7 Å². The van der Waals surface area contributed by atoms with Gasteiger partial charge in [-0.3, -0.25) is 9.59 Å². The number of carbonyl (C=O) groups excluding carboxylic acids is 3. The third-order valence-electron chi connectivity index (χ3n) is 4.53. The minimum absolute atomic E-state index is 0.00698. The second-order valence-electron chi connectivity index (χ2n) is 6.74. The van der Waals surface area contributed by atoms with Crippen LogP contribution < -0.4 is 16.8 Å². The molecule has 5 N–H and O–H groups in total. The van der Waals surface area contributed by atoms with Gasteiger partial charge in [0.05, 0.1) is 6.61 Å². The van der Waals surface area contributed by atoms with E-state index in [-0.39, 0.29) is 36.6 Å². The number of rotatable bonds is 10. The molecular formula is C17H27N5O5. The summed E-state index contributed by atoms with van der Waals surface area (Å²) in [5, 5.41) is 10.7. The molecule has 1 atom stereocenters. The van der Waals surface area contributed by atoms with Crippen molar-refractivity contribution < 1.29 is 23.5 Å². The fourth-order valence-corrected chi connectivity index (χ4v) is 3.16. The molecule has 150 valence electrons. The van der Waals surface area contributed by atoms with E-state index in [1.165, 1.54) is 0 Å². The first-order valence-corrected chi connectivity index (χ1v) is 9.29. The number of nitrogens with zero attached hydrogens (tertiary/aromatic N) is 2. The van der Waals surface area contributed by atoms with E-state index < -0.39 is 18.0 Å². The Morgan fingerprint density at radius 2 is 1.89 bits per heavy atom. The number of carbonyl (C=O) groups is 3. The quantitative estimate of drug-likeness (QED) is 0.511. The normalized spacial score (nSPS) is 15.9. The number of unbranched alkanes of at least 4 members (excludes halogenated alkanes) is 1. The van der Waals surface area contributed by atoms with Crippen LogP contribution in [0.2, 0.25) is 0 Å². The van der Waals surface area contributed by atoms with Crippen molar-refractivity contribution in [2.45, 2.75) is 63.8 Å². The summed E-state index contributed by atoms with van der Waals surface area (Å²) >= 11 is 0. The Hall–Kier alpha value is -2.65. The fourth-order valence-electron chi connectivity index (χ4n) is 3.16. The molecule has 0 bridgehead atoms. The van der Waals surface area contributed by atoms with Crippen molar-refractivity contribution in [3.8, 4) is 0 Å². The van der Waals surface area contributed by atoms with Gasteiger partial charge in [-0.25, -0.2) is 4.79 Å². The predicted molar refractivity (Wildman–Crippen MR) is 94.0 cm³/mol. The van der Waals surface area contributed by atoms with E-state index in [9.17, 15) is 14.4 Å². The minimum Gasteiger partial charge on any atom is -0.450 e. The molecule has 0 radical (unpaired) electrons. The summed E-state index contributed by atoms with van der Waals surface area (Å²) in [6, 6.07) is -0.470. The number of hydrogen-bond donors (Lipinski definition) is 3. The van der Waals surface area contributed by atoms with Gasteiger partial charge in [0, 0.05) is 5.92 Å². The highest BCUT2D eigenvalue weighted by molar-refractivity contribution is 5.79. The molecule has 1 aliphatic carbocycles. The molecule has 0 spiro atoms. The van der Waals surface area contributed by atoms with Gasteiger partial charge in [-0.15, -0.1) is 10.2 Å². The van der Waals surface area contributed by atoms with E-state index in [2.05, 4.69) is 15.5 Å². The van der Waals surface area contributed by atoms with E-state index in [1.807, 2.05) is 0 Å². The van der Waals surface area contributed by atoms with Gasteiger partial charge in [0.15, 0.2) is 0 Å². The summed E-state index contributed by atoms with van der Waals surface area (Å²) in [5.41, 5.74) is 10.1. The van der Waals surface area contributed by atoms with Crippen molar-refractivity contribution in [1.29, 1.82) is 0 Å². The fraction of sp³-hybridized carbons (Fsp3) is 0.706. The average molecular weight is 381 g/mol. The first kappa shape index (κ1) is 20.7. The molecule has 0 aromatic carbocycles. The SMILES string of the molecule is NC(=O)Cc1nnc([C@H](CCCCOC(N)=O)NC(=O)C2CCCCC2)o1. The molecule has 1 heterocycles. The van der Waals surface area contributed by atoms with Crippen LogP contribution in [0.3, 0.4) is 0 Å². The number of nitrogens with one attached hydrogen (secondary N) is 1. The Balaban J connectivity index is 1.96. The van der Waals surface area contributed by atoms with Gasteiger partial charge in [0.2, 0.25) is 23.6 Å². The number of ether oxygens (including phenoxy) is 1.